The van der Waals surface area contributed by atoms with Crippen molar-refractivity contribution in [2.45, 2.75) is 19.4 Å². The smallest absolute Gasteiger partial charge is 0.266 e. The number of rotatable bonds is 4. The fourth-order valence-corrected chi connectivity index (χ4v) is 5.68. The summed E-state index contributed by atoms with van der Waals surface area (Å²) in [6.07, 6.45) is 3.96. The van der Waals surface area contributed by atoms with Crippen LogP contribution < -0.4 is 10.5 Å². The lowest BCUT2D eigenvalue weighted by Gasteiger charge is -2.23. The second-order valence-corrected chi connectivity index (χ2v) is 9.77. The maximum Gasteiger partial charge on any atom is 0.266 e. The lowest BCUT2D eigenvalue weighted by Crippen LogP contribution is -2.28. The first-order chi connectivity index (χ1) is 15.5. The number of aromatic nitrogens is 1. The summed E-state index contributed by atoms with van der Waals surface area (Å²) in [5.41, 5.74) is 3.30. The number of nitrogens with zero attached hydrogens (tertiary/aromatic N) is 3. The predicted molar refractivity (Wildman–Crippen MR) is 136 cm³/mol. The van der Waals surface area contributed by atoms with Gasteiger partial charge in [-0.05, 0) is 30.5 Å². The van der Waals surface area contributed by atoms with Crippen molar-refractivity contribution in [3.63, 3.8) is 0 Å². The maximum absolute atomic E-state index is 13.4. The molecule has 2 aromatic carbocycles. The van der Waals surface area contributed by atoms with Crippen molar-refractivity contribution >= 4 is 56.9 Å². The number of para-hydroxylation sites is 1. The van der Waals surface area contributed by atoms with Crippen LogP contribution in [0, 0.1) is 0 Å². The van der Waals surface area contributed by atoms with E-state index in [4.69, 9.17) is 12.2 Å². The Kier molecular flexibility index (Phi) is 5.61. The Morgan fingerprint density at radius 2 is 1.69 bits per heavy atom. The SMILES string of the molecule is Cn1c(=O)c(C=C2SC(=S)N(Cc3ccccc3)C2=O)c(N2CCCC2)c2ccccc21. The summed E-state index contributed by atoms with van der Waals surface area (Å²) >= 11 is 6.79. The molecule has 3 aromatic rings. The van der Waals surface area contributed by atoms with Crippen molar-refractivity contribution in [3.8, 4) is 0 Å². The van der Waals surface area contributed by atoms with Crippen molar-refractivity contribution < 1.29 is 4.79 Å². The Labute approximate surface area is 196 Å². The topological polar surface area (TPSA) is 45.6 Å². The fraction of sp³-hybridized carbons (Fsp3) is 0.240. The summed E-state index contributed by atoms with van der Waals surface area (Å²) in [6, 6.07) is 17.8. The molecule has 7 heteroatoms. The summed E-state index contributed by atoms with van der Waals surface area (Å²) < 4.78 is 2.19. The average molecular weight is 462 g/mol. The van der Waals surface area contributed by atoms with Gasteiger partial charge in [-0.25, -0.2) is 0 Å². The lowest BCUT2D eigenvalue weighted by atomic mass is 10.1. The van der Waals surface area contributed by atoms with E-state index < -0.39 is 0 Å². The highest BCUT2D eigenvalue weighted by Crippen LogP contribution is 2.37. The number of hydrogen-bond acceptors (Lipinski definition) is 5. The normalized spacial score (nSPS) is 17.8. The van der Waals surface area contributed by atoms with Crippen molar-refractivity contribution in [2.24, 2.45) is 7.05 Å². The molecule has 5 nitrogen and oxygen atoms in total. The highest BCUT2D eigenvalue weighted by Gasteiger charge is 2.33. The Bertz CT molecular complexity index is 1310. The molecular formula is C25H23N3O2S2. The van der Waals surface area contributed by atoms with Crippen LogP contribution in [0.1, 0.15) is 24.0 Å². The second kappa shape index (κ2) is 8.56. The molecule has 3 heterocycles. The number of fused-ring (bicyclic) bond motifs is 1. The minimum absolute atomic E-state index is 0.0982. The van der Waals surface area contributed by atoms with Gasteiger partial charge in [0.05, 0.1) is 28.2 Å². The highest BCUT2D eigenvalue weighted by atomic mass is 32.2. The zero-order valence-corrected chi connectivity index (χ0v) is 19.4. The zero-order chi connectivity index (χ0) is 22.2. The van der Waals surface area contributed by atoms with Gasteiger partial charge in [-0.15, -0.1) is 0 Å². The molecule has 0 spiro atoms. The molecule has 0 bridgehead atoms. The number of thioether (sulfide) groups is 1. The van der Waals surface area contributed by atoms with E-state index in [0.717, 1.165) is 48.1 Å². The first kappa shape index (κ1) is 21.0. The monoisotopic (exact) mass is 461 g/mol. The van der Waals surface area contributed by atoms with Gasteiger partial charge in [0.15, 0.2) is 0 Å². The number of pyridine rings is 1. The van der Waals surface area contributed by atoms with E-state index in [1.54, 1.807) is 22.6 Å². The number of amides is 1. The van der Waals surface area contributed by atoms with E-state index in [1.165, 1.54) is 11.8 Å². The molecule has 0 radical (unpaired) electrons. The lowest BCUT2D eigenvalue weighted by molar-refractivity contribution is -0.122. The molecular weight excluding hydrogens is 438 g/mol. The predicted octanol–water partition coefficient (Wildman–Crippen LogP) is 4.54. The summed E-state index contributed by atoms with van der Waals surface area (Å²) in [7, 11) is 1.79. The molecule has 0 N–H and O–H groups in total. The zero-order valence-electron chi connectivity index (χ0n) is 17.8. The van der Waals surface area contributed by atoms with Crippen LogP contribution in [-0.2, 0) is 18.4 Å². The molecule has 1 aromatic heterocycles. The highest BCUT2D eigenvalue weighted by molar-refractivity contribution is 8.26. The Balaban J connectivity index is 1.61. The molecule has 2 fully saturated rings. The molecule has 2 aliphatic rings. The molecule has 0 saturated carbocycles. The van der Waals surface area contributed by atoms with Gasteiger partial charge in [-0.1, -0.05) is 72.5 Å². The molecule has 1 amide bonds. The van der Waals surface area contributed by atoms with E-state index in [1.807, 2.05) is 48.5 Å². The Hall–Kier alpha value is -2.90. The number of anilines is 1. The molecule has 32 heavy (non-hydrogen) atoms. The van der Waals surface area contributed by atoms with Gasteiger partial charge in [0.25, 0.3) is 11.5 Å². The molecule has 2 saturated heterocycles. The van der Waals surface area contributed by atoms with Crippen molar-refractivity contribution in [1.82, 2.24) is 9.47 Å². The number of aryl methyl sites for hydroxylation is 1. The molecule has 0 unspecified atom stereocenters. The van der Waals surface area contributed by atoms with Crippen LogP contribution >= 0.6 is 24.0 Å². The van der Waals surface area contributed by atoms with Gasteiger partial charge in [0, 0.05) is 25.5 Å². The largest absolute Gasteiger partial charge is 0.370 e. The number of benzene rings is 2. The van der Waals surface area contributed by atoms with Crippen LogP contribution in [0.25, 0.3) is 17.0 Å². The molecule has 5 rings (SSSR count). The molecule has 0 atom stereocenters. The Morgan fingerprint density at radius 3 is 2.44 bits per heavy atom. The fourth-order valence-electron chi connectivity index (χ4n) is 4.45. The molecule has 162 valence electrons. The van der Waals surface area contributed by atoms with E-state index in [2.05, 4.69) is 11.0 Å². The van der Waals surface area contributed by atoms with Crippen LogP contribution in [-0.4, -0.2) is 32.8 Å². The van der Waals surface area contributed by atoms with Crippen LogP contribution in [0.15, 0.2) is 64.3 Å². The Morgan fingerprint density at radius 1 is 1.00 bits per heavy atom. The van der Waals surface area contributed by atoms with Crippen LogP contribution in [0.4, 0.5) is 5.69 Å². The van der Waals surface area contributed by atoms with E-state index in [9.17, 15) is 9.59 Å². The van der Waals surface area contributed by atoms with Crippen molar-refractivity contribution in [1.29, 1.82) is 0 Å². The van der Waals surface area contributed by atoms with Gasteiger partial charge in [0.2, 0.25) is 0 Å². The molecule has 2 aliphatic heterocycles. The van der Waals surface area contributed by atoms with Crippen molar-refractivity contribution in [3.05, 3.63) is 81.0 Å². The first-order valence-corrected chi connectivity index (χ1v) is 11.9. The quantitative estimate of drug-likeness (QED) is 0.422. The number of carbonyl (C=O) groups is 1. The third-order valence-corrected chi connectivity index (χ3v) is 7.44. The van der Waals surface area contributed by atoms with Crippen LogP contribution in [0.3, 0.4) is 0 Å². The van der Waals surface area contributed by atoms with Gasteiger partial charge >= 0.3 is 0 Å². The van der Waals surface area contributed by atoms with Gasteiger partial charge < -0.3 is 9.47 Å². The summed E-state index contributed by atoms with van der Waals surface area (Å²) in [5.74, 6) is -0.147. The molecule has 0 aliphatic carbocycles. The summed E-state index contributed by atoms with van der Waals surface area (Å²) in [4.78, 5) is 31.1. The number of hydrogen-bond donors (Lipinski definition) is 0. The summed E-state index contributed by atoms with van der Waals surface area (Å²) in [6.45, 7) is 2.25. The van der Waals surface area contributed by atoms with Gasteiger partial charge in [-0.2, -0.15) is 0 Å². The minimum atomic E-state index is -0.147. The number of thiocarbonyl (C=S) groups is 1. The third kappa shape index (κ3) is 3.65. The third-order valence-electron chi connectivity index (χ3n) is 6.07. The van der Waals surface area contributed by atoms with Crippen molar-refractivity contribution in [2.75, 3.05) is 18.0 Å². The maximum atomic E-state index is 13.4. The minimum Gasteiger partial charge on any atom is -0.370 e. The standard InChI is InChI=1S/C25H23N3O2S2/c1-26-20-12-6-5-11-18(20)22(27-13-7-8-14-27)19(23(26)29)15-21-24(30)28(25(31)32-21)16-17-9-3-2-4-10-17/h2-6,9-12,15H,7-8,13-14,16H2,1H3. The van der Waals surface area contributed by atoms with E-state index >= 15 is 0 Å². The first-order valence-electron chi connectivity index (χ1n) is 10.7. The number of carbonyl (C=O) groups excluding carboxylic acids is 1. The second-order valence-electron chi connectivity index (χ2n) is 8.09. The van der Waals surface area contributed by atoms with Crippen LogP contribution in [0.2, 0.25) is 0 Å². The van der Waals surface area contributed by atoms with Crippen LogP contribution in [0.5, 0.6) is 0 Å². The van der Waals surface area contributed by atoms with Gasteiger partial charge in [0.1, 0.15) is 4.32 Å². The van der Waals surface area contributed by atoms with E-state index in [0.29, 0.717) is 21.3 Å². The van der Waals surface area contributed by atoms with E-state index in [-0.39, 0.29) is 11.5 Å². The average Bonchev–Trinajstić information content (AvgIpc) is 3.43. The van der Waals surface area contributed by atoms with Gasteiger partial charge in [-0.3, -0.25) is 14.5 Å². The summed E-state index contributed by atoms with van der Waals surface area (Å²) in [5, 5.41) is 1.03.